The topological polar surface area (TPSA) is 28.7 Å². The summed E-state index contributed by atoms with van der Waals surface area (Å²) in [7, 11) is 0. The first kappa shape index (κ1) is 11.8. The van der Waals surface area contributed by atoms with E-state index < -0.39 is 0 Å². The van der Waals surface area contributed by atoms with Crippen LogP contribution in [0.4, 0.5) is 0 Å². The van der Waals surface area contributed by atoms with Gasteiger partial charge in [0.15, 0.2) is 0 Å². The lowest BCUT2D eigenvalue weighted by Gasteiger charge is -2.27. The third kappa shape index (κ3) is 2.43. The molecule has 3 rings (SSSR count). The summed E-state index contributed by atoms with van der Waals surface area (Å²) in [6, 6.07) is 6.40. The molecule has 1 N–H and O–H groups in total. The maximum Gasteiger partial charge on any atom is 0.137 e. The van der Waals surface area contributed by atoms with Crippen LogP contribution in [0.1, 0.15) is 44.7 Å². The molecule has 0 aliphatic heterocycles. The van der Waals surface area contributed by atoms with Gasteiger partial charge < -0.3 is 4.98 Å². The van der Waals surface area contributed by atoms with Crippen molar-refractivity contribution in [1.82, 2.24) is 9.97 Å². The number of pyridine rings is 1. The number of hydrogen-bond donors (Lipinski definition) is 1. The van der Waals surface area contributed by atoms with Crippen LogP contribution in [0.15, 0.2) is 24.4 Å². The standard InChI is InChI=1S/C16H22N2/c1-12(13-6-3-2-4-7-13)10-15-11-14-8-5-9-17-16(14)18-15/h5,8-9,11-13H,2-4,6-7,10H2,1H3,(H,17,18). The van der Waals surface area contributed by atoms with Crippen molar-refractivity contribution in [2.45, 2.75) is 45.4 Å². The van der Waals surface area contributed by atoms with Gasteiger partial charge in [-0.1, -0.05) is 39.0 Å². The van der Waals surface area contributed by atoms with Crippen LogP contribution in [-0.2, 0) is 6.42 Å². The van der Waals surface area contributed by atoms with Gasteiger partial charge in [0.1, 0.15) is 5.65 Å². The molecule has 0 aromatic carbocycles. The van der Waals surface area contributed by atoms with E-state index in [4.69, 9.17) is 0 Å². The highest BCUT2D eigenvalue weighted by molar-refractivity contribution is 5.76. The molecule has 0 saturated heterocycles. The quantitative estimate of drug-likeness (QED) is 0.853. The van der Waals surface area contributed by atoms with Gasteiger partial charge in [-0.25, -0.2) is 4.98 Å². The van der Waals surface area contributed by atoms with E-state index >= 15 is 0 Å². The van der Waals surface area contributed by atoms with E-state index in [0.717, 1.165) is 17.5 Å². The van der Waals surface area contributed by atoms with Crippen LogP contribution in [0.5, 0.6) is 0 Å². The first-order chi connectivity index (χ1) is 8.83. The lowest BCUT2D eigenvalue weighted by atomic mass is 9.79. The lowest BCUT2D eigenvalue weighted by molar-refractivity contribution is 0.261. The minimum Gasteiger partial charge on any atom is -0.343 e. The highest BCUT2D eigenvalue weighted by Crippen LogP contribution is 2.31. The Balaban J connectivity index is 1.71. The van der Waals surface area contributed by atoms with Crippen molar-refractivity contribution in [2.75, 3.05) is 0 Å². The predicted molar refractivity (Wildman–Crippen MR) is 75.5 cm³/mol. The molecule has 96 valence electrons. The summed E-state index contributed by atoms with van der Waals surface area (Å²) >= 11 is 0. The third-order valence-electron chi connectivity index (χ3n) is 4.44. The van der Waals surface area contributed by atoms with E-state index in [0.29, 0.717) is 0 Å². The molecular weight excluding hydrogens is 220 g/mol. The van der Waals surface area contributed by atoms with Gasteiger partial charge in [-0.3, -0.25) is 0 Å². The van der Waals surface area contributed by atoms with Crippen molar-refractivity contribution >= 4 is 11.0 Å². The fourth-order valence-corrected chi connectivity index (χ4v) is 3.34. The number of nitrogens with one attached hydrogen (secondary N) is 1. The molecule has 0 amide bonds. The molecule has 0 bridgehead atoms. The fraction of sp³-hybridized carbons (Fsp3) is 0.562. The molecule has 1 aliphatic rings. The van der Waals surface area contributed by atoms with Crippen LogP contribution in [0, 0.1) is 11.8 Å². The number of fused-ring (bicyclic) bond motifs is 1. The molecule has 0 radical (unpaired) electrons. The molecule has 2 aromatic heterocycles. The number of hydrogen-bond acceptors (Lipinski definition) is 1. The van der Waals surface area contributed by atoms with Crippen molar-refractivity contribution in [3.63, 3.8) is 0 Å². The monoisotopic (exact) mass is 242 g/mol. The van der Waals surface area contributed by atoms with Gasteiger partial charge in [-0.2, -0.15) is 0 Å². The van der Waals surface area contributed by atoms with Gasteiger partial charge in [0.05, 0.1) is 0 Å². The number of rotatable bonds is 3. The molecule has 18 heavy (non-hydrogen) atoms. The predicted octanol–water partition coefficient (Wildman–Crippen LogP) is 4.32. The molecule has 0 spiro atoms. The highest BCUT2D eigenvalue weighted by atomic mass is 14.8. The number of aromatic nitrogens is 2. The van der Waals surface area contributed by atoms with Gasteiger partial charge in [0.2, 0.25) is 0 Å². The Hall–Kier alpha value is -1.31. The Morgan fingerprint density at radius 2 is 2.17 bits per heavy atom. The maximum absolute atomic E-state index is 4.37. The van der Waals surface area contributed by atoms with Crippen LogP contribution < -0.4 is 0 Å². The van der Waals surface area contributed by atoms with E-state index in [-0.39, 0.29) is 0 Å². The summed E-state index contributed by atoms with van der Waals surface area (Å²) in [6.07, 6.45) is 10.2. The summed E-state index contributed by atoms with van der Waals surface area (Å²) in [4.78, 5) is 7.82. The van der Waals surface area contributed by atoms with E-state index in [1.807, 2.05) is 12.3 Å². The summed E-state index contributed by atoms with van der Waals surface area (Å²) in [6.45, 7) is 2.41. The van der Waals surface area contributed by atoms with Gasteiger partial charge >= 0.3 is 0 Å². The summed E-state index contributed by atoms with van der Waals surface area (Å²) in [5.41, 5.74) is 2.38. The van der Waals surface area contributed by atoms with E-state index in [9.17, 15) is 0 Å². The maximum atomic E-state index is 4.37. The SMILES string of the molecule is CC(Cc1cc2cccnc2[nH]1)C1CCCCC1. The summed E-state index contributed by atoms with van der Waals surface area (Å²) in [5, 5.41) is 1.24. The molecule has 2 nitrogen and oxygen atoms in total. The number of H-pyrrole nitrogens is 1. The van der Waals surface area contributed by atoms with Crippen molar-refractivity contribution in [1.29, 1.82) is 0 Å². The van der Waals surface area contributed by atoms with Crippen LogP contribution in [-0.4, -0.2) is 9.97 Å². The van der Waals surface area contributed by atoms with Crippen molar-refractivity contribution in [3.05, 3.63) is 30.1 Å². The second-order valence-corrected chi connectivity index (χ2v) is 5.82. The molecule has 1 fully saturated rings. The Morgan fingerprint density at radius 3 is 2.94 bits per heavy atom. The molecular formula is C16H22N2. The first-order valence-corrected chi connectivity index (χ1v) is 7.25. The number of aromatic amines is 1. The second kappa shape index (κ2) is 5.13. The van der Waals surface area contributed by atoms with Crippen molar-refractivity contribution in [3.8, 4) is 0 Å². The molecule has 2 heterocycles. The molecule has 1 atom stereocenters. The number of nitrogens with zero attached hydrogens (tertiary/aromatic N) is 1. The zero-order valence-electron chi connectivity index (χ0n) is 11.2. The van der Waals surface area contributed by atoms with Crippen LogP contribution in [0.25, 0.3) is 11.0 Å². The normalized spacial score (nSPS) is 19.2. The molecule has 2 aromatic rings. The van der Waals surface area contributed by atoms with Crippen LogP contribution in [0.2, 0.25) is 0 Å². The molecule has 1 aliphatic carbocycles. The third-order valence-corrected chi connectivity index (χ3v) is 4.44. The lowest BCUT2D eigenvalue weighted by Crippen LogP contribution is -2.17. The van der Waals surface area contributed by atoms with Crippen molar-refractivity contribution < 1.29 is 0 Å². The average molecular weight is 242 g/mol. The molecule has 2 heteroatoms. The fourth-order valence-electron chi connectivity index (χ4n) is 3.34. The van der Waals surface area contributed by atoms with Gasteiger partial charge in [-0.05, 0) is 36.5 Å². The minimum atomic E-state index is 0.790. The zero-order chi connectivity index (χ0) is 12.4. The van der Waals surface area contributed by atoms with E-state index in [1.54, 1.807) is 0 Å². The summed E-state index contributed by atoms with van der Waals surface area (Å²) in [5.74, 6) is 1.72. The average Bonchev–Trinajstić information content (AvgIpc) is 2.82. The smallest absolute Gasteiger partial charge is 0.137 e. The largest absolute Gasteiger partial charge is 0.343 e. The molecule has 1 saturated carbocycles. The van der Waals surface area contributed by atoms with Gasteiger partial charge in [-0.15, -0.1) is 0 Å². The van der Waals surface area contributed by atoms with Crippen LogP contribution >= 0.6 is 0 Å². The summed E-state index contributed by atoms with van der Waals surface area (Å²) < 4.78 is 0. The second-order valence-electron chi connectivity index (χ2n) is 5.82. The van der Waals surface area contributed by atoms with Crippen molar-refractivity contribution in [2.24, 2.45) is 11.8 Å². The van der Waals surface area contributed by atoms with E-state index in [1.165, 1.54) is 49.6 Å². The van der Waals surface area contributed by atoms with Gasteiger partial charge in [0, 0.05) is 17.3 Å². The Kier molecular flexibility index (Phi) is 3.35. The Morgan fingerprint density at radius 1 is 1.33 bits per heavy atom. The highest BCUT2D eigenvalue weighted by Gasteiger charge is 2.20. The Bertz CT molecular complexity index is 476. The Labute approximate surface area is 109 Å². The molecule has 1 unspecified atom stereocenters. The van der Waals surface area contributed by atoms with E-state index in [2.05, 4.69) is 29.0 Å². The van der Waals surface area contributed by atoms with Gasteiger partial charge in [0.25, 0.3) is 0 Å². The minimum absolute atomic E-state index is 0.790. The first-order valence-electron chi connectivity index (χ1n) is 7.25. The zero-order valence-corrected chi connectivity index (χ0v) is 11.2. The van der Waals surface area contributed by atoms with Crippen LogP contribution in [0.3, 0.4) is 0 Å².